The molecule has 0 saturated heterocycles. The summed E-state index contributed by atoms with van der Waals surface area (Å²) in [6.07, 6.45) is 0. The van der Waals surface area contributed by atoms with Gasteiger partial charge in [-0.2, -0.15) is 0 Å². The Morgan fingerprint density at radius 1 is 1.32 bits per heavy atom. The number of hydrogen-bond donors (Lipinski definition) is 1. The highest BCUT2D eigenvalue weighted by molar-refractivity contribution is 6.32. The summed E-state index contributed by atoms with van der Waals surface area (Å²) in [6.45, 7) is 6.66. The lowest BCUT2D eigenvalue weighted by Crippen LogP contribution is -2.36. The molecular weight excluding hydrogens is 266 g/mol. The van der Waals surface area contributed by atoms with Gasteiger partial charge in [0.1, 0.15) is 13.2 Å². The van der Waals surface area contributed by atoms with E-state index in [1.165, 1.54) is 0 Å². The molecule has 0 radical (unpaired) electrons. The van der Waals surface area contributed by atoms with E-state index < -0.39 is 0 Å². The quantitative estimate of drug-likeness (QED) is 0.903. The molecule has 2 rings (SSSR count). The molecule has 5 heteroatoms. The fourth-order valence-corrected chi connectivity index (χ4v) is 2.13. The van der Waals surface area contributed by atoms with Gasteiger partial charge in [0.25, 0.3) is 0 Å². The van der Waals surface area contributed by atoms with E-state index in [2.05, 4.69) is 5.32 Å². The molecule has 0 spiro atoms. The van der Waals surface area contributed by atoms with Gasteiger partial charge in [0.2, 0.25) is 0 Å². The van der Waals surface area contributed by atoms with E-state index in [0.29, 0.717) is 30.5 Å². The summed E-state index contributed by atoms with van der Waals surface area (Å²) in [6, 6.07) is 3.87. The number of halogens is 1. The fraction of sp³-hybridized carbons (Fsp3) is 0.571. The van der Waals surface area contributed by atoms with Gasteiger partial charge in [0, 0.05) is 20.2 Å². The van der Waals surface area contributed by atoms with Gasteiger partial charge in [-0.1, -0.05) is 11.6 Å². The zero-order chi connectivity index (χ0) is 13.9. The van der Waals surface area contributed by atoms with Crippen molar-refractivity contribution < 1.29 is 14.2 Å². The largest absolute Gasteiger partial charge is 0.486 e. The summed E-state index contributed by atoms with van der Waals surface area (Å²) in [5.74, 6) is 1.37. The molecule has 4 nitrogen and oxygen atoms in total. The highest BCUT2D eigenvalue weighted by atomic mass is 35.5. The summed E-state index contributed by atoms with van der Waals surface area (Å²) >= 11 is 6.19. The Morgan fingerprint density at radius 3 is 2.79 bits per heavy atom. The number of ether oxygens (including phenoxy) is 3. The zero-order valence-corrected chi connectivity index (χ0v) is 12.3. The van der Waals surface area contributed by atoms with Crippen LogP contribution in [-0.2, 0) is 11.3 Å². The zero-order valence-electron chi connectivity index (χ0n) is 11.6. The Balaban J connectivity index is 2.00. The van der Waals surface area contributed by atoms with Gasteiger partial charge in [0.15, 0.2) is 11.5 Å². The smallest absolute Gasteiger partial charge is 0.179 e. The molecule has 1 aliphatic rings. The van der Waals surface area contributed by atoms with Crippen LogP contribution in [0.25, 0.3) is 0 Å². The lowest BCUT2D eigenvalue weighted by molar-refractivity contribution is 0.0230. The van der Waals surface area contributed by atoms with Gasteiger partial charge in [-0.25, -0.2) is 0 Å². The van der Waals surface area contributed by atoms with Crippen LogP contribution in [0.2, 0.25) is 5.02 Å². The molecule has 106 valence electrons. The van der Waals surface area contributed by atoms with E-state index in [-0.39, 0.29) is 5.60 Å². The van der Waals surface area contributed by atoms with Crippen LogP contribution in [-0.4, -0.2) is 32.5 Å². The maximum Gasteiger partial charge on any atom is 0.179 e. The Kier molecular flexibility index (Phi) is 4.55. The number of hydrogen-bond acceptors (Lipinski definition) is 4. The van der Waals surface area contributed by atoms with Crippen LogP contribution < -0.4 is 14.8 Å². The lowest BCUT2D eigenvalue weighted by atomic mass is 10.1. The number of nitrogens with one attached hydrogen (secondary N) is 1. The van der Waals surface area contributed by atoms with E-state index in [4.69, 9.17) is 25.8 Å². The molecule has 0 fully saturated rings. The first-order chi connectivity index (χ1) is 9.02. The van der Waals surface area contributed by atoms with Gasteiger partial charge in [-0.3, -0.25) is 0 Å². The van der Waals surface area contributed by atoms with Crippen molar-refractivity contribution in [2.45, 2.75) is 26.0 Å². The fourth-order valence-electron chi connectivity index (χ4n) is 1.85. The van der Waals surface area contributed by atoms with E-state index in [1.807, 2.05) is 26.0 Å². The summed E-state index contributed by atoms with van der Waals surface area (Å²) in [5.41, 5.74) is 0.888. The topological polar surface area (TPSA) is 39.7 Å². The second-order valence-electron chi connectivity index (χ2n) is 5.17. The second-order valence-corrected chi connectivity index (χ2v) is 5.58. The highest BCUT2D eigenvalue weighted by Gasteiger charge is 2.18. The van der Waals surface area contributed by atoms with Crippen molar-refractivity contribution in [3.8, 4) is 11.5 Å². The molecule has 1 heterocycles. The Hall–Kier alpha value is -0.970. The minimum Gasteiger partial charge on any atom is -0.486 e. The molecule has 0 atom stereocenters. The molecular formula is C14H20ClNO3. The first-order valence-corrected chi connectivity index (χ1v) is 6.73. The number of benzene rings is 1. The third-order valence-corrected chi connectivity index (χ3v) is 3.37. The molecule has 0 saturated carbocycles. The van der Waals surface area contributed by atoms with E-state index in [0.717, 1.165) is 17.9 Å². The van der Waals surface area contributed by atoms with Crippen LogP contribution in [0.4, 0.5) is 0 Å². The van der Waals surface area contributed by atoms with Crippen molar-refractivity contribution >= 4 is 11.6 Å². The monoisotopic (exact) mass is 285 g/mol. The number of methoxy groups -OCH3 is 1. The van der Waals surface area contributed by atoms with Crippen LogP contribution in [0.3, 0.4) is 0 Å². The molecule has 0 aliphatic carbocycles. The Bertz CT molecular complexity index is 449. The van der Waals surface area contributed by atoms with Gasteiger partial charge < -0.3 is 19.5 Å². The number of rotatable bonds is 5. The summed E-state index contributed by atoms with van der Waals surface area (Å²) in [7, 11) is 1.71. The third-order valence-electron chi connectivity index (χ3n) is 3.09. The molecule has 19 heavy (non-hydrogen) atoms. The normalized spacial score (nSPS) is 14.5. The molecule has 1 aliphatic heterocycles. The average molecular weight is 286 g/mol. The average Bonchev–Trinajstić information content (AvgIpc) is 2.39. The predicted octanol–water partition coefficient (Wildman–Crippen LogP) is 2.63. The van der Waals surface area contributed by atoms with Crippen molar-refractivity contribution in [2.24, 2.45) is 0 Å². The van der Waals surface area contributed by atoms with Crippen molar-refractivity contribution in [1.29, 1.82) is 0 Å². The molecule has 0 amide bonds. The Labute approximate surface area is 119 Å². The van der Waals surface area contributed by atoms with E-state index in [9.17, 15) is 0 Å². The van der Waals surface area contributed by atoms with Crippen molar-refractivity contribution in [3.63, 3.8) is 0 Å². The molecule has 1 aromatic carbocycles. The van der Waals surface area contributed by atoms with E-state index >= 15 is 0 Å². The molecule has 1 N–H and O–H groups in total. The van der Waals surface area contributed by atoms with Gasteiger partial charge >= 0.3 is 0 Å². The standard InChI is InChI=1S/C14H20ClNO3/c1-14(2,17-3)9-16-8-10-6-11(15)13-12(7-10)18-4-5-19-13/h6-7,16H,4-5,8-9H2,1-3H3. The van der Waals surface area contributed by atoms with Crippen molar-refractivity contribution in [1.82, 2.24) is 5.32 Å². The van der Waals surface area contributed by atoms with Crippen LogP contribution in [0, 0.1) is 0 Å². The number of fused-ring (bicyclic) bond motifs is 1. The maximum atomic E-state index is 6.19. The third kappa shape index (κ3) is 3.75. The maximum absolute atomic E-state index is 6.19. The summed E-state index contributed by atoms with van der Waals surface area (Å²) in [4.78, 5) is 0. The minimum atomic E-state index is -0.183. The molecule has 1 aromatic rings. The van der Waals surface area contributed by atoms with Crippen molar-refractivity contribution in [2.75, 3.05) is 26.9 Å². The molecule has 0 aromatic heterocycles. The van der Waals surface area contributed by atoms with Crippen LogP contribution >= 0.6 is 11.6 Å². The van der Waals surface area contributed by atoms with Gasteiger partial charge in [0.05, 0.1) is 10.6 Å². The first kappa shape index (κ1) is 14.4. The van der Waals surface area contributed by atoms with Crippen LogP contribution in [0.5, 0.6) is 11.5 Å². The van der Waals surface area contributed by atoms with Gasteiger partial charge in [-0.15, -0.1) is 0 Å². The minimum absolute atomic E-state index is 0.183. The SMILES string of the molecule is COC(C)(C)CNCc1cc(Cl)c2c(c1)OCCO2. The molecule has 0 bridgehead atoms. The lowest BCUT2D eigenvalue weighted by Gasteiger charge is -2.24. The van der Waals surface area contributed by atoms with E-state index in [1.54, 1.807) is 7.11 Å². The summed E-state index contributed by atoms with van der Waals surface area (Å²) < 4.78 is 16.4. The predicted molar refractivity (Wildman–Crippen MR) is 75.2 cm³/mol. The molecule has 0 unspecified atom stereocenters. The summed E-state index contributed by atoms with van der Waals surface area (Å²) in [5, 5.41) is 3.94. The highest BCUT2D eigenvalue weighted by Crippen LogP contribution is 2.38. The van der Waals surface area contributed by atoms with Crippen LogP contribution in [0.1, 0.15) is 19.4 Å². The first-order valence-electron chi connectivity index (χ1n) is 6.36. The van der Waals surface area contributed by atoms with Gasteiger partial charge in [-0.05, 0) is 31.5 Å². The second kappa shape index (κ2) is 5.99. The Morgan fingerprint density at radius 2 is 2.05 bits per heavy atom. The van der Waals surface area contributed by atoms with Crippen molar-refractivity contribution in [3.05, 3.63) is 22.7 Å². The van der Waals surface area contributed by atoms with Crippen LogP contribution in [0.15, 0.2) is 12.1 Å².